The van der Waals surface area contributed by atoms with Crippen LogP contribution in [0.4, 0.5) is 11.5 Å². The number of nitrogens with zero attached hydrogens (tertiary/aromatic N) is 1. The van der Waals surface area contributed by atoms with Crippen LogP contribution in [0, 0.1) is 0 Å². The van der Waals surface area contributed by atoms with E-state index in [0.717, 1.165) is 39.6 Å². The van der Waals surface area contributed by atoms with Gasteiger partial charge >= 0.3 is 5.97 Å². The minimum absolute atomic E-state index is 0.230. The third-order valence-electron chi connectivity index (χ3n) is 5.23. The van der Waals surface area contributed by atoms with Crippen LogP contribution < -0.4 is 10.6 Å². The van der Waals surface area contributed by atoms with Crippen molar-refractivity contribution in [3.05, 3.63) is 29.1 Å². The van der Waals surface area contributed by atoms with Gasteiger partial charge in [0.05, 0.1) is 27.9 Å². The first kappa shape index (κ1) is 19.6. The van der Waals surface area contributed by atoms with Crippen molar-refractivity contribution in [2.75, 3.05) is 17.2 Å². The molecule has 1 aromatic carbocycles. The first-order valence-corrected chi connectivity index (χ1v) is 11.0. The molecule has 1 saturated carbocycles. The van der Waals surface area contributed by atoms with E-state index in [0.29, 0.717) is 16.6 Å². The van der Waals surface area contributed by atoms with E-state index in [-0.39, 0.29) is 12.5 Å². The molecule has 0 saturated heterocycles. The summed E-state index contributed by atoms with van der Waals surface area (Å²) in [6.07, 6.45) is 5.86. The lowest BCUT2D eigenvalue weighted by Crippen LogP contribution is -2.23. The van der Waals surface area contributed by atoms with E-state index in [1.54, 1.807) is 6.92 Å². The van der Waals surface area contributed by atoms with Gasteiger partial charge in [-0.1, -0.05) is 37.5 Å². The fourth-order valence-electron chi connectivity index (χ4n) is 3.97. The van der Waals surface area contributed by atoms with Crippen molar-refractivity contribution < 1.29 is 14.3 Å². The third kappa shape index (κ3) is 3.92. The topological polar surface area (TPSA) is 80.3 Å². The van der Waals surface area contributed by atoms with Crippen molar-refractivity contribution in [2.45, 2.75) is 52.0 Å². The van der Waals surface area contributed by atoms with Gasteiger partial charge in [0.2, 0.25) is 5.91 Å². The number of pyridine rings is 1. The van der Waals surface area contributed by atoms with Gasteiger partial charge in [0.25, 0.3) is 0 Å². The van der Waals surface area contributed by atoms with Crippen molar-refractivity contribution in [3.63, 3.8) is 0 Å². The van der Waals surface area contributed by atoms with Crippen molar-refractivity contribution in [1.29, 1.82) is 0 Å². The van der Waals surface area contributed by atoms with E-state index >= 15 is 0 Å². The largest absolute Gasteiger partial charge is 0.462 e. The SMILES string of the molecule is CCOC(=O)c1sc2c(c(NC3CCCCC3)nc3ccccc32)c1NC(C)=O. The molecular formula is C22H25N3O3S. The van der Waals surface area contributed by atoms with Gasteiger partial charge in [0, 0.05) is 18.4 Å². The normalized spacial score (nSPS) is 14.8. The number of benzene rings is 1. The number of anilines is 2. The predicted octanol–water partition coefficient (Wildman–Crippen LogP) is 5.33. The lowest BCUT2D eigenvalue weighted by Gasteiger charge is -2.24. The van der Waals surface area contributed by atoms with E-state index < -0.39 is 5.97 Å². The smallest absolute Gasteiger partial charge is 0.350 e. The van der Waals surface area contributed by atoms with Crippen molar-refractivity contribution in [2.24, 2.45) is 0 Å². The molecule has 0 radical (unpaired) electrons. The van der Waals surface area contributed by atoms with Crippen LogP contribution in [0.3, 0.4) is 0 Å². The number of carbonyl (C=O) groups excluding carboxylic acids is 2. The summed E-state index contributed by atoms with van der Waals surface area (Å²) in [4.78, 5) is 29.9. The molecule has 0 aliphatic heterocycles. The van der Waals surface area contributed by atoms with Crippen LogP contribution >= 0.6 is 11.3 Å². The molecule has 1 amide bonds. The molecule has 152 valence electrons. The Kier molecular flexibility index (Phi) is 5.67. The number of thiophene rings is 1. The molecule has 6 nitrogen and oxygen atoms in total. The van der Waals surface area contributed by atoms with Gasteiger partial charge in [-0.05, 0) is 25.8 Å². The highest BCUT2D eigenvalue weighted by Crippen LogP contribution is 2.44. The van der Waals surface area contributed by atoms with Crippen LogP contribution in [-0.2, 0) is 9.53 Å². The number of aromatic nitrogens is 1. The molecule has 1 aliphatic carbocycles. The van der Waals surface area contributed by atoms with E-state index in [9.17, 15) is 9.59 Å². The number of hydrogen-bond acceptors (Lipinski definition) is 6. The Morgan fingerprint density at radius 1 is 1.21 bits per heavy atom. The summed E-state index contributed by atoms with van der Waals surface area (Å²) in [7, 11) is 0. The molecule has 2 aromatic heterocycles. The zero-order chi connectivity index (χ0) is 20.4. The summed E-state index contributed by atoms with van der Waals surface area (Å²) >= 11 is 1.35. The van der Waals surface area contributed by atoms with E-state index in [1.165, 1.54) is 37.5 Å². The average molecular weight is 412 g/mol. The Labute approximate surface area is 173 Å². The molecule has 0 spiro atoms. The maximum Gasteiger partial charge on any atom is 0.350 e. The van der Waals surface area contributed by atoms with Gasteiger partial charge in [-0.15, -0.1) is 11.3 Å². The quantitative estimate of drug-likeness (QED) is 0.555. The number of esters is 1. The maximum absolute atomic E-state index is 12.7. The van der Waals surface area contributed by atoms with Gasteiger partial charge in [-0.3, -0.25) is 4.79 Å². The summed E-state index contributed by atoms with van der Waals surface area (Å²) in [6, 6.07) is 8.23. The van der Waals surface area contributed by atoms with Gasteiger partial charge in [0.1, 0.15) is 10.7 Å². The van der Waals surface area contributed by atoms with Crippen molar-refractivity contribution >= 4 is 55.7 Å². The second-order valence-corrected chi connectivity index (χ2v) is 8.39. The molecule has 2 N–H and O–H groups in total. The molecule has 0 atom stereocenters. The summed E-state index contributed by atoms with van der Waals surface area (Å²) in [6.45, 7) is 3.50. The summed E-state index contributed by atoms with van der Waals surface area (Å²) in [5.41, 5.74) is 1.36. The fraction of sp³-hybridized carbons (Fsp3) is 0.409. The first-order valence-electron chi connectivity index (χ1n) is 10.1. The van der Waals surface area contributed by atoms with Crippen LogP contribution in [0.15, 0.2) is 24.3 Å². The van der Waals surface area contributed by atoms with Crippen LogP contribution in [0.25, 0.3) is 21.0 Å². The Morgan fingerprint density at radius 2 is 1.97 bits per heavy atom. The van der Waals surface area contributed by atoms with E-state index in [4.69, 9.17) is 9.72 Å². The minimum Gasteiger partial charge on any atom is -0.462 e. The highest BCUT2D eigenvalue weighted by Gasteiger charge is 2.26. The van der Waals surface area contributed by atoms with Crippen molar-refractivity contribution in [3.8, 4) is 0 Å². The maximum atomic E-state index is 12.7. The highest BCUT2D eigenvalue weighted by molar-refractivity contribution is 7.22. The number of nitrogens with one attached hydrogen (secondary N) is 2. The predicted molar refractivity (Wildman–Crippen MR) is 118 cm³/mol. The van der Waals surface area contributed by atoms with Gasteiger partial charge in [-0.2, -0.15) is 0 Å². The molecule has 29 heavy (non-hydrogen) atoms. The Bertz CT molecular complexity index is 1070. The molecule has 1 fully saturated rings. The molecule has 0 unspecified atom stereocenters. The molecule has 2 heterocycles. The third-order valence-corrected chi connectivity index (χ3v) is 6.44. The zero-order valence-corrected chi connectivity index (χ0v) is 17.5. The minimum atomic E-state index is -0.426. The Morgan fingerprint density at radius 3 is 2.69 bits per heavy atom. The Balaban J connectivity index is 1.95. The zero-order valence-electron chi connectivity index (χ0n) is 16.7. The molecule has 4 rings (SSSR count). The Hall–Kier alpha value is -2.67. The summed E-state index contributed by atoms with van der Waals surface area (Å²) < 4.78 is 6.19. The number of rotatable bonds is 5. The number of para-hydroxylation sites is 1. The van der Waals surface area contributed by atoms with Crippen LogP contribution in [0.1, 0.15) is 55.6 Å². The number of amides is 1. The number of hydrogen-bond donors (Lipinski definition) is 2. The molecular weight excluding hydrogens is 386 g/mol. The fourth-order valence-corrected chi connectivity index (χ4v) is 5.15. The van der Waals surface area contributed by atoms with Gasteiger partial charge in [0.15, 0.2) is 0 Å². The van der Waals surface area contributed by atoms with Crippen LogP contribution in [0.2, 0.25) is 0 Å². The summed E-state index contributed by atoms with van der Waals surface area (Å²) in [5, 5.41) is 8.23. The van der Waals surface area contributed by atoms with E-state index in [2.05, 4.69) is 10.6 Å². The number of ether oxygens (including phenoxy) is 1. The van der Waals surface area contributed by atoms with Crippen molar-refractivity contribution in [1.82, 2.24) is 4.98 Å². The highest BCUT2D eigenvalue weighted by atomic mass is 32.1. The molecule has 1 aliphatic rings. The molecule has 3 aromatic rings. The lowest BCUT2D eigenvalue weighted by molar-refractivity contribution is -0.114. The van der Waals surface area contributed by atoms with Crippen LogP contribution in [-0.4, -0.2) is 29.5 Å². The number of carbonyl (C=O) groups is 2. The molecule has 7 heteroatoms. The monoisotopic (exact) mass is 411 g/mol. The number of fused-ring (bicyclic) bond motifs is 3. The van der Waals surface area contributed by atoms with Crippen LogP contribution in [0.5, 0.6) is 0 Å². The van der Waals surface area contributed by atoms with Gasteiger partial charge < -0.3 is 15.4 Å². The van der Waals surface area contributed by atoms with E-state index in [1.807, 2.05) is 24.3 Å². The standard InChI is InChI=1S/C22H25N3O3S/c1-3-28-22(27)20-18(23-13(2)26)17-19(29-20)15-11-7-8-12-16(15)25-21(17)24-14-9-5-4-6-10-14/h7-8,11-12,14H,3-6,9-10H2,1-2H3,(H,23,26)(H,24,25). The average Bonchev–Trinajstić information content (AvgIpc) is 3.08. The first-order chi connectivity index (χ1) is 14.1. The summed E-state index contributed by atoms with van der Waals surface area (Å²) in [5.74, 6) is 0.0679. The second kappa shape index (κ2) is 8.37. The lowest BCUT2D eigenvalue weighted by atomic mass is 9.95. The molecule has 0 bridgehead atoms. The second-order valence-electron chi connectivity index (χ2n) is 7.37. The van der Waals surface area contributed by atoms with Gasteiger partial charge in [-0.25, -0.2) is 9.78 Å².